The number of nitrogens with zero attached hydrogens (tertiary/aromatic N) is 1. The van der Waals surface area contributed by atoms with Crippen LogP contribution in [0.25, 0.3) is 0 Å². The smallest absolute Gasteiger partial charge is 0.0227 e. The van der Waals surface area contributed by atoms with Gasteiger partial charge in [-0.3, -0.25) is 4.99 Å². The van der Waals surface area contributed by atoms with Gasteiger partial charge in [0.2, 0.25) is 0 Å². The van der Waals surface area contributed by atoms with Crippen LogP contribution in [0.4, 0.5) is 0 Å². The lowest BCUT2D eigenvalue weighted by atomic mass is 10.1. The third-order valence-corrected chi connectivity index (χ3v) is 1.61. The predicted octanol–water partition coefficient (Wildman–Crippen LogP) is 2.54. The molecule has 0 saturated heterocycles. The molecule has 0 unspecified atom stereocenters. The van der Waals surface area contributed by atoms with Crippen molar-refractivity contribution in [2.45, 2.75) is 32.6 Å². The Bertz CT molecular complexity index is 134. The van der Waals surface area contributed by atoms with E-state index in [1.807, 2.05) is 6.20 Å². The van der Waals surface area contributed by atoms with Gasteiger partial charge in [-0.25, -0.2) is 0 Å². The molecule has 0 aromatic carbocycles. The summed E-state index contributed by atoms with van der Waals surface area (Å²) in [7, 11) is 0. The molecule has 1 aliphatic rings. The van der Waals surface area contributed by atoms with Gasteiger partial charge in [0.05, 0.1) is 0 Å². The van der Waals surface area contributed by atoms with Crippen LogP contribution in [0.5, 0.6) is 0 Å². The van der Waals surface area contributed by atoms with Crippen molar-refractivity contribution in [3.05, 3.63) is 12.3 Å². The molecule has 1 heteroatoms. The minimum atomic E-state index is 1.12. The van der Waals surface area contributed by atoms with Crippen LogP contribution in [-0.2, 0) is 0 Å². The largest absolute Gasteiger partial charge is 0.266 e. The van der Waals surface area contributed by atoms with Gasteiger partial charge in [0, 0.05) is 11.9 Å². The molecule has 50 valence electrons. The maximum atomic E-state index is 4.28. The van der Waals surface area contributed by atoms with Crippen molar-refractivity contribution in [3.8, 4) is 0 Å². The number of allylic oxidation sites excluding steroid dienone is 1. The van der Waals surface area contributed by atoms with E-state index < -0.39 is 0 Å². The molecule has 0 amide bonds. The molecular formula is C8H13N. The number of rotatable bonds is 1. The van der Waals surface area contributed by atoms with E-state index in [2.05, 4.69) is 18.0 Å². The normalized spacial score (nSPS) is 19.0. The summed E-state index contributed by atoms with van der Waals surface area (Å²) >= 11 is 0. The van der Waals surface area contributed by atoms with Gasteiger partial charge in [-0.15, -0.1) is 0 Å². The van der Waals surface area contributed by atoms with E-state index in [4.69, 9.17) is 0 Å². The van der Waals surface area contributed by atoms with E-state index in [1.165, 1.54) is 25.0 Å². The van der Waals surface area contributed by atoms with Crippen LogP contribution in [0, 0.1) is 0 Å². The highest BCUT2D eigenvalue weighted by molar-refractivity contribution is 5.84. The van der Waals surface area contributed by atoms with Crippen LogP contribution in [-0.4, -0.2) is 5.71 Å². The molecule has 0 bridgehead atoms. The summed E-state index contributed by atoms with van der Waals surface area (Å²) in [4.78, 5) is 4.28. The topological polar surface area (TPSA) is 12.4 Å². The molecule has 0 N–H and O–H groups in total. The van der Waals surface area contributed by atoms with E-state index in [0.29, 0.717) is 0 Å². The molecule has 9 heavy (non-hydrogen) atoms. The molecule has 0 spiro atoms. The Labute approximate surface area is 56.5 Å². The van der Waals surface area contributed by atoms with Crippen molar-refractivity contribution >= 4 is 5.71 Å². The molecule has 0 aromatic heterocycles. The van der Waals surface area contributed by atoms with Gasteiger partial charge in [0.15, 0.2) is 0 Å². The Kier molecular flexibility index (Phi) is 2.49. The lowest BCUT2D eigenvalue weighted by molar-refractivity contribution is 0.890. The molecule has 1 nitrogen and oxygen atoms in total. The Hall–Kier alpha value is -0.590. The van der Waals surface area contributed by atoms with E-state index >= 15 is 0 Å². The van der Waals surface area contributed by atoms with Crippen molar-refractivity contribution in [2.24, 2.45) is 4.99 Å². The average Bonchev–Trinajstić information content (AvgIpc) is 2.13. The predicted molar refractivity (Wildman–Crippen MR) is 40.7 cm³/mol. The number of hydrogen-bond donors (Lipinski definition) is 0. The quantitative estimate of drug-likeness (QED) is 0.508. The van der Waals surface area contributed by atoms with Gasteiger partial charge in [-0.2, -0.15) is 0 Å². The summed E-state index contributed by atoms with van der Waals surface area (Å²) in [6, 6.07) is 0. The average molecular weight is 123 g/mol. The van der Waals surface area contributed by atoms with Crippen LogP contribution < -0.4 is 0 Å². The first-order valence-electron chi connectivity index (χ1n) is 3.64. The van der Waals surface area contributed by atoms with Gasteiger partial charge in [-0.1, -0.05) is 13.0 Å². The molecular weight excluding hydrogens is 110 g/mol. The van der Waals surface area contributed by atoms with Crippen molar-refractivity contribution < 1.29 is 0 Å². The maximum absolute atomic E-state index is 4.28. The summed E-state index contributed by atoms with van der Waals surface area (Å²) < 4.78 is 0. The van der Waals surface area contributed by atoms with Gasteiger partial charge >= 0.3 is 0 Å². The second kappa shape index (κ2) is 3.44. The highest BCUT2D eigenvalue weighted by Gasteiger charge is 1.96. The fourth-order valence-electron chi connectivity index (χ4n) is 0.989. The SMILES string of the molecule is CCC1=NC=CCCC1. The van der Waals surface area contributed by atoms with Crippen LogP contribution >= 0.6 is 0 Å². The first kappa shape index (κ1) is 6.53. The van der Waals surface area contributed by atoms with Crippen LogP contribution in [0.15, 0.2) is 17.3 Å². The molecule has 0 aromatic rings. The van der Waals surface area contributed by atoms with Gasteiger partial charge in [0.25, 0.3) is 0 Å². The molecule has 1 rings (SSSR count). The Morgan fingerprint density at radius 3 is 3.33 bits per heavy atom. The summed E-state index contributed by atoms with van der Waals surface area (Å²) in [5.41, 5.74) is 1.35. The molecule has 0 radical (unpaired) electrons. The zero-order valence-corrected chi connectivity index (χ0v) is 5.93. The summed E-state index contributed by atoms with van der Waals surface area (Å²) in [5.74, 6) is 0. The van der Waals surface area contributed by atoms with Crippen LogP contribution in [0.1, 0.15) is 32.6 Å². The lowest BCUT2D eigenvalue weighted by Gasteiger charge is -1.95. The zero-order chi connectivity index (χ0) is 6.53. The summed E-state index contributed by atoms with van der Waals surface area (Å²) in [6.45, 7) is 2.16. The van der Waals surface area contributed by atoms with E-state index in [-0.39, 0.29) is 0 Å². The van der Waals surface area contributed by atoms with Crippen molar-refractivity contribution in [1.29, 1.82) is 0 Å². The van der Waals surface area contributed by atoms with Gasteiger partial charge in [0.1, 0.15) is 0 Å². The van der Waals surface area contributed by atoms with Crippen molar-refractivity contribution in [3.63, 3.8) is 0 Å². The Morgan fingerprint density at radius 1 is 1.67 bits per heavy atom. The van der Waals surface area contributed by atoms with Crippen molar-refractivity contribution in [1.82, 2.24) is 0 Å². The molecule has 1 heterocycles. The molecule has 1 aliphatic heterocycles. The highest BCUT2D eigenvalue weighted by atomic mass is 14.7. The summed E-state index contributed by atoms with van der Waals surface area (Å²) in [6.07, 6.45) is 8.87. The zero-order valence-electron chi connectivity index (χ0n) is 5.93. The van der Waals surface area contributed by atoms with Crippen molar-refractivity contribution in [2.75, 3.05) is 0 Å². The van der Waals surface area contributed by atoms with E-state index in [0.717, 1.165) is 6.42 Å². The third-order valence-electron chi connectivity index (χ3n) is 1.61. The van der Waals surface area contributed by atoms with E-state index in [1.54, 1.807) is 0 Å². The Morgan fingerprint density at radius 2 is 2.56 bits per heavy atom. The van der Waals surface area contributed by atoms with Crippen LogP contribution in [0.2, 0.25) is 0 Å². The molecule has 0 fully saturated rings. The highest BCUT2D eigenvalue weighted by Crippen LogP contribution is 2.06. The fourth-order valence-corrected chi connectivity index (χ4v) is 0.989. The number of hydrogen-bond acceptors (Lipinski definition) is 1. The van der Waals surface area contributed by atoms with Crippen LogP contribution in [0.3, 0.4) is 0 Å². The summed E-state index contributed by atoms with van der Waals surface area (Å²) in [5, 5.41) is 0. The first-order valence-corrected chi connectivity index (χ1v) is 3.64. The Balaban J connectivity index is 2.49. The monoisotopic (exact) mass is 123 g/mol. The minimum absolute atomic E-state index is 1.12. The second-order valence-corrected chi connectivity index (χ2v) is 2.33. The van der Waals surface area contributed by atoms with E-state index in [9.17, 15) is 0 Å². The number of aliphatic imine (C=N–C) groups is 1. The minimum Gasteiger partial charge on any atom is -0.266 e. The molecule has 0 saturated carbocycles. The van der Waals surface area contributed by atoms with Gasteiger partial charge < -0.3 is 0 Å². The second-order valence-electron chi connectivity index (χ2n) is 2.33. The maximum Gasteiger partial charge on any atom is 0.0227 e. The first-order chi connectivity index (χ1) is 4.43. The fraction of sp³-hybridized carbons (Fsp3) is 0.625. The standard InChI is InChI=1S/C8H13N/c1-2-8-6-4-3-5-7-9-8/h5,7H,2-4,6H2,1H3. The van der Waals surface area contributed by atoms with Gasteiger partial charge in [-0.05, 0) is 25.7 Å². The third kappa shape index (κ3) is 2.00. The molecule has 0 aliphatic carbocycles. The lowest BCUT2D eigenvalue weighted by Crippen LogP contribution is -1.92. The molecule has 0 atom stereocenters.